The predicted octanol–water partition coefficient (Wildman–Crippen LogP) is 5.65. The number of cyclic esters (lactones) is 1. The Labute approximate surface area is 292 Å². The van der Waals surface area contributed by atoms with E-state index in [0.29, 0.717) is 38.8 Å². The van der Waals surface area contributed by atoms with Crippen LogP contribution in [0.2, 0.25) is 0 Å². The Hall–Kier alpha value is -0.890. The molecule has 11 nitrogen and oxygen atoms in total. The minimum atomic E-state index is -0.961. The molecule has 286 valence electrons. The summed E-state index contributed by atoms with van der Waals surface area (Å²) in [4.78, 5) is 20.0. The van der Waals surface area contributed by atoms with Crippen molar-refractivity contribution in [2.24, 2.45) is 17.8 Å². The molecule has 4 rings (SSSR count). The molecule has 0 spiro atoms. The normalized spacial score (nSPS) is 43.9. The van der Waals surface area contributed by atoms with E-state index < -0.39 is 47.3 Å². The number of hydroxylamine groups is 2. The van der Waals surface area contributed by atoms with Gasteiger partial charge in [-0.3, -0.25) is 9.63 Å². The van der Waals surface area contributed by atoms with E-state index in [4.69, 9.17) is 33.6 Å². The number of aliphatic hydroxyl groups is 3. The van der Waals surface area contributed by atoms with Gasteiger partial charge in [-0.15, -0.1) is 0 Å². The quantitative estimate of drug-likeness (QED) is 0.316. The maximum absolute atomic E-state index is 13.6. The van der Waals surface area contributed by atoms with Gasteiger partial charge in [-0.2, -0.15) is 5.06 Å². The Morgan fingerprint density at radius 2 is 1.60 bits per heavy atom. The first-order valence-electron chi connectivity index (χ1n) is 18.7. The number of nitrogens with zero attached hydrogens (tertiary/aromatic N) is 1. The molecule has 4 saturated heterocycles. The molecule has 0 radical (unpaired) electrons. The van der Waals surface area contributed by atoms with Crippen LogP contribution in [0.3, 0.4) is 0 Å². The van der Waals surface area contributed by atoms with E-state index >= 15 is 0 Å². The highest BCUT2D eigenvalue weighted by molar-refractivity contribution is 5.73. The van der Waals surface area contributed by atoms with Gasteiger partial charge in [0.2, 0.25) is 0 Å². The molecule has 9 unspecified atom stereocenters. The van der Waals surface area contributed by atoms with Gasteiger partial charge >= 0.3 is 5.97 Å². The van der Waals surface area contributed by atoms with Crippen molar-refractivity contribution in [2.75, 3.05) is 33.5 Å². The number of esters is 1. The van der Waals surface area contributed by atoms with Crippen LogP contribution in [0.25, 0.3) is 0 Å². The van der Waals surface area contributed by atoms with Gasteiger partial charge in [0, 0.05) is 32.7 Å². The highest BCUT2D eigenvalue weighted by atomic mass is 16.7. The van der Waals surface area contributed by atoms with Crippen LogP contribution in [0, 0.1) is 17.8 Å². The number of methoxy groups -OCH3 is 1. The van der Waals surface area contributed by atoms with E-state index in [-0.39, 0.29) is 36.6 Å². The largest absolute Gasteiger partial charge is 0.459 e. The van der Waals surface area contributed by atoms with Crippen LogP contribution in [0.4, 0.5) is 0 Å². The summed E-state index contributed by atoms with van der Waals surface area (Å²) in [6.07, 6.45) is 2.09. The van der Waals surface area contributed by atoms with Crippen LogP contribution in [0.1, 0.15) is 128 Å². The predicted molar refractivity (Wildman–Crippen MR) is 187 cm³/mol. The van der Waals surface area contributed by atoms with Crippen LogP contribution in [-0.4, -0.2) is 113 Å². The Morgan fingerprint density at radius 1 is 0.958 bits per heavy atom. The molecule has 0 aromatic carbocycles. The number of hydrogen-bond acceptors (Lipinski definition) is 11. The van der Waals surface area contributed by atoms with E-state index in [1.54, 1.807) is 7.11 Å². The molecule has 0 saturated carbocycles. The zero-order valence-corrected chi connectivity index (χ0v) is 32.6. The molecule has 3 N–H and O–H groups in total. The summed E-state index contributed by atoms with van der Waals surface area (Å²) < 4.78 is 28.9. The maximum Gasteiger partial charge on any atom is 0.311 e. The van der Waals surface area contributed by atoms with Gasteiger partial charge in [-0.1, -0.05) is 48.5 Å². The molecule has 13 atom stereocenters. The zero-order chi connectivity index (χ0) is 36.9. The SMILES string of the molecule is CC.CC.CC[C@H]1OC(=O)C(C)C(OC2C[C@@](C)(OC)C(O)CO2)C(C)CC(C)(O)C[C@@H](C)CN2O[C@@]1(C)CC2C.OC1CCCOC1. The van der Waals surface area contributed by atoms with Gasteiger partial charge < -0.3 is 39.0 Å². The van der Waals surface area contributed by atoms with Crippen LogP contribution in [-0.2, 0) is 33.3 Å². The van der Waals surface area contributed by atoms with Gasteiger partial charge in [0.05, 0.1) is 42.5 Å². The Morgan fingerprint density at radius 3 is 2.12 bits per heavy atom. The van der Waals surface area contributed by atoms with Crippen LogP contribution in [0.5, 0.6) is 0 Å². The number of carbonyl (C=O) groups is 1. The van der Waals surface area contributed by atoms with E-state index in [2.05, 4.69) is 13.8 Å². The average molecular weight is 692 g/mol. The fourth-order valence-corrected chi connectivity index (χ4v) is 7.38. The van der Waals surface area contributed by atoms with Crippen molar-refractivity contribution in [3.63, 3.8) is 0 Å². The molecule has 4 fully saturated rings. The van der Waals surface area contributed by atoms with E-state index in [0.717, 1.165) is 25.9 Å². The summed E-state index contributed by atoms with van der Waals surface area (Å²) in [5, 5.41) is 32.6. The number of rotatable bonds is 4. The maximum atomic E-state index is 13.6. The molecule has 0 aliphatic carbocycles. The third kappa shape index (κ3) is 13.0. The molecule has 11 heteroatoms. The summed E-state index contributed by atoms with van der Waals surface area (Å²) in [6, 6.07) is 0.177. The number of carbonyl (C=O) groups excluding carboxylic acids is 1. The third-order valence-electron chi connectivity index (χ3n) is 9.92. The summed E-state index contributed by atoms with van der Waals surface area (Å²) in [6.45, 7) is 25.9. The lowest BCUT2D eigenvalue weighted by molar-refractivity contribution is -0.275. The smallest absolute Gasteiger partial charge is 0.311 e. The summed E-state index contributed by atoms with van der Waals surface area (Å²) in [7, 11) is 1.56. The van der Waals surface area contributed by atoms with Crippen molar-refractivity contribution in [1.29, 1.82) is 0 Å². The van der Waals surface area contributed by atoms with Crippen molar-refractivity contribution in [1.82, 2.24) is 5.06 Å². The highest BCUT2D eigenvalue weighted by Gasteiger charge is 2.49. The Balaban J connectivity index is 0.000000902. The molecule has 4 aliphatic rings. The Kier molecular flexibility index (Phi) is 19.6. The van der Waals surface area contributed by atoms with Gasteiger partial charge in [0.15, 0.2) is 6.29 Å². The van der Waals surface area contributed by atoms with E-state index in [1.165, 1.54) is 0 Å². The molecular formula is C37H73NO10. The Bertz CT molecular complexity index is 901. The topological polar surface area (TPSA) is 136 Å². The fraction of sp³-hybridized carbons (Fsp3) is 0.973. The highest BCUT2D eigenvalue weighted by Crippen LogP contribution is 2.40. The number of ether oxygens (including phenoxy) is 5. The molecule has 48 heavy (non-hydrogen) atoms. The molecule has 0 amide bonds. The monoisotopic (exact) mass is 692 g/mol. The van der Waals surface area contributed by atoms with Crippen LogP contribution in [0.15, 0.2) is 0 Å². The fourth-order valence-electron chi connectivity index (χ4n) is 7.38. The second-order valence-electron chi connectivity index (χ2n) is 14.6. The van der Waals surface area contributed by atoms with Crippen molar-refractivity contribution in [3.05, 3.63) is 0 Å². The second-order valence-corrected chi connectivity index (χ2v) is 14.6. The molecule has 0 aromatic heterocycles. The van der Waals surface area contributed by atoms with Gasteiger partial charge in [0.1, 0.15) is 17.8 Å². The van der Waals surface area contributed by atoms with Crippen molar-refractivity contribution in [3.8, 4) is 0 Å². The molecule has 4 heterocycles. The summed E-state index contributed by atoms with van der Waals surface area (Å²) in [5.74, 6) is -0.933. The van der Waals surface area contributed by atoms with Crippen LogP contribution < -0.4 is 0 Å². The van der Waals surface area contributed by atoms with Gasteiger partial charge in [-0.25, -0.2) is 0 Å². The molecule has 2 bridgehead atoms. The summed E-state index contributed by atoms with van der Waals surface area (Å²) >= 11 is 0. The first kappa shape index (κ1) is 45.1. The number of aliphatic hydroxyl groups excluding tert-OH is 2. The van der Waals surface area contributed by atoms with Crippen molar-refractivity contribution >= 4 is 5.97 Å². The van der Waals surface area contributed by atoms with Gasteiger partial charge in [0.25, 0.3) is 0 Å². The average Bonchev–Trinajstić information content (AvgIpc) is 3.34. The van der Waals surface area contributed by atoms with E-state index in [9.17, 15) is 15.0 Å². The minimum absolute atomic E-state index is 0.0758. The van der Waals surface area contributed by atoms with Crippen molar-refractivity contribution < 1.29 is 48.6 Å². The molecule has 0 aromatic rings. The zero-order valence-electron chi connectivity index (χ0n) is 32.6. The second kappa shape index (κ2) is 20.8. The third-order valence-corrected chi connectivity index (χ3v) is 9.92. The molecular weight excluding hydrogens is 618 g/mol. The standard InChI is InChI=1S/C28H51NO8.C5H10O2.2C2H6/c1-10-22-28(8)13-19(4)29(37-28)15-17(2)11-26(6,32)12-18(3)24(20(5)25(31)35-22)36-23-14-27(7,33-9)21(30)16-34-23;6-5-2-1-3-7-4-5;2*1-2/h17-24,30,32H,10-16H2,1-9H3;5-6H,1-4H2;2*1-2H3/t17-,18?,19?,20?,21?,22-,23?,24?,26?,27-,28+;;;/m1.../s1. The molecule has 4 aliphatic heterocycles. The van der Waals surface area contributed by atoms with Crippen LogP contribution >= 0.6 is 0 Å². The lowest BCUT2D eigenvalue weighted by Gasteiger charge is -2.43. The first-order valence-corrected chi connectivity index (χ1v) is 18.7. The lowest BCUT2D eigenvalue weighted by Crippen LogP contribution is -2.54. The number of hydrogen-bond donors (Lipinski definition) is 3. The summed E-state index contributed by atoms with van der Waals surface area (Å²) in [5.41, 5.74) is -2.40. The minimum Gasteiger partial charge on any atom is -0.459 e. The van der Waals surface area contributed by atoms with Gasteiger partial charge in [-0.05, 0) is 85.0 Å². The van der Waals surface area contributed by atoms with E-state index in [1.807, 2.05) is 74.3 Å². The number of fused-ring (bicyclic) bond motifs is 2. The lowest BCUT2D eigenvalue weighted by atomic mass is 9.80. The first-order chi connectivity index (χ1) is 22.5. The van der Waals surface area contributed by atoms with Crippen molar-refractivity contribution in [2.45, 2.75) is 182 Å².